The number of guanidine groups is 1. The molecule has 1 aliphatic rings. The molecule has 0 bridgehead atoms. The van der Waals surface area contributed by atoms with Gasteiger partial charge in [0.2, 0.25) is 0 Å². The van der Waals surface area contributed by atoms with Crippen molar-refractivity contribution in [3.63, 3.8) is 0 Å². The number of aliphatic imine (C=N–C) groups is 1. The van der Waals surface area contributed by atoms with E-state index in [1.807, 2.05) is 11.9 Å². The summed E-state index contributed by atoms with van der Waals surface area (Å²) in [7, 11) is 1.97. The van der Waals surface area contributed by atoms with Gasteiger partial charge in [0.15, 0.2) is 5.96 Å². The van der Waals surface area contributed by atoms with Gasteiger partial charge < -0.3 is 10.6 Å². The first-order chi connectivity index (χ1) is 9.88. The Bertz CT molecular complexity index is 485. The molecule has 1 fully saturated rings. The van der Waals surface area contributed by atoms with Crippen molar-refractivity contribution in [2.45, 2.75) is 51.1 Å². The Morgan fingerprint density at radius 2 is 1.86 bits per heavy atom. The third-order valence-corrected chi connectivity index (χ3v) is 4.12. The topological polar surface area (TPSA) is 41.6 Å². The lowest BCUT2D eigenvalue weighted by Crippen LogP contribution is -2.40. The molecule has 1 aromatic rings. The summed E-state index contributed by atoms with van der Waals surface area (Å²) in [5.41, 5.74) is 6.90. The van der Waals surface area contributed by atoms with Crippen LogP contribution in [-0.4, -0.2) is 23.9 Å². The van der Waals surface area contributed by atoms with Crippen molar-refractivity contribution < 1.29 is 8.78 Å². The van der Waals surface area contributed by atoms with Crippen LogP contribution in [-0.2, 0) is 12.5 Å². The van der Waals surface area contributed by atoms with E-state index in [-0.39, 0.29) is 5.56 Å². The lowest BCUT2D eigenvalue weighted by molar-refractivity contribution is 0.0174. The molecule has 0 saturated heterocycles. The van der Waals surface area contributed by atoms with Gasteiger partial charge in [-0.25, -0.2) is 13.8 Å². The molecule has 1 aliphatic carbocycles. The minimum Gasteiger partial charge on any atom is -0.370 e. The van der Waals surface area contributed by atoms with Crippen LogP contribution in [0, 0.1) is 0 Å². The molecule has 2 N–H and O–H groups in total. The van der Waals surface area contributed by atoms with Gasteiger partial charge in [-0.3, -0.25) is 0 Å². The number of rotatable bonds is 4. The van der Waals surface area contributed by atoms with Crippen molar-refractivity contribution in [3.05, 3.63) is 35.4 Å². The zero-order valence-corrected chi connectivity index (χ0v) is 12.6. The fourth-order valence-electron chi connectivity index (χ4n) is 2.67. The fraction of sp³-hybridized carbons (Fsp3) is 0.562. The van der Waals surface area contributed by atoms with E-state index < -0.39 is 5.92 Å². The van der Waals surface area contributed by atoms with E-state index >= 15 is 0 Å². The number of hydrogen-bond donors (Lipinski definition) is 1. The molecule has 1 aromatic carbocycles. The Balaban J connectivity index is 1.96. The van der Waals surface area contributed by atoms with Crippen molar-refractivity contribution >= 4 is 5.96 Å². The molecule has 0 unspecified atom stereocenters. The Morgan fingerprint density at radius 1 is 1.29 bits per heavy atom. The van der Waals surface area contributed by atoms with Crippen molar-refractivity contribution in [3.8, 4) is 0 Å². The van der Waals surface area contributed by atoms with Crippen LogP contribution in [0.5, 0.6) is 0 Å². The molecule has 0 radical (unpaired) electrons. The first-order valence-electron chi connectivity index (χ1n) is 7.38. The first-order valence-corrected chi connectivity index (χ1v) is 7.38. The summed E-state index contributed by atoms with van der Waals surface area (Å²) >= 11 is 0. The van der Waals surface area contributed by atoms with Gasteiger partial charge in [-0.05, 0) is 18.4 Å². The SMILES string of the molecule is CN(C(N)=NCc1ccc(C(C)(F)F)cc1)C1CCCC1. The van der Waals surface area contributed by atoms with Crippen LogP contribution in [0.15, 0.2) is 29.3 Å². The predicted octanol–water partition coefficient (Wildman–Crippen LogP) is 3.49. The quantitative estimate of drug-likeness (QED) is 0.682. The van der Waals surface area contributed by atoms with Gasteiger partial charge in [0.25, 0.3) is 5.92 Å². The van der Waals surface area contributed by atoms with Crippen LogP contribution >= 0.6 is 0 Å². The normalized spacial score (nSPS) is 17.2. The van der Waals surface area contributed by atoms with Crippen molar-refractivity contribution in [1.82, 2.24) is 4.90 Å². The van der Waals surface area contributed by atoms with Crippen molar-refractivity contribution in [2.24, 2.45) is 10.7 Å². The molecule has 2 rings (SSSR count). The number of alkyl halides is 2. The molecule has 0 heterocycles. The van der Waals surface area contributed by atoms with E-state index in [0.29, 0.717) is 18.5 Å². The van der Waals surface area contributed by atoms with E-state index in [2.05, 4.69) is 4.99 Å². The predicted molar refractivity (Wildman–Crippen MR) is 81.4 cm³/mol. The number of hydrogen-bond acceptors (Lipinski definition) is 1. The van der Waals surface area contributed by atoms with E-state index in [0.717, 1.165) is 25.3 Å². The molecule has 0 atom stereocenters. The highest BCUT2D eigenvalue weighted by Gasteiger charge is 2.23. The maximum Gasteiger partial charge on any atom is 0.270 e. The largest absolute Gasteiger partial charge is 0.370 e. The lowest BCUT2D eigenvalue weighted by Gasteiger charge is -2.25. The van der Waals surface area contributed by atoms with Gasteiger partial charge in [-0.2, -0.15) is 0 Å². The average molecular weight is 295 g/mol. The molecule has 21 heavy (non-hydrogen) atoms. The van der Waals surface area contributed by atoms with Gasteiger partial charge >= 0.3 is 0 Å². The monoisotopic (exact) mass is 295 g/mol. The zero-order chi connectivity index (χ0) is 15.5. The summed E-state index contributed by atoms with van der Waals surface area (Å²) < 4.78 is 26.2. The molecule has 0 amide bonds. The Kier molecular flexibility index (Phi) is 4.80. The van der Waals surface area contributed by atoms with Crippen LogP contribution < -0.4 is 5.73 Å². The Labute approximate surface area is 124 Å². The second-order valence-corrected chi connectivity index (χ2v) is 5.81. The Hall–Kier alpha value is -1.65. The van der Waals surface area contributed by atoms with Gasteiger partial charge in [0.1, 0.15) is 0 Å². The zero-order valence-electron chi connectivity index (χ0n) is 12.6. The van der Waals surface area contributed by atoms with Crippen LogP contribution in [0.2, 0.25) is 0 Å². The smallest absolute Gasteiger partial charge is 0.270 e. The van der Waals surface area contributed by atoms with Crippen LogP contribution in [0.4, 0.5) is 8.78 Å². The summed E-state index contributed by atoms with van der Waals surface area (Å²) in [4.78, 5) is 6.39. The molecule has 0 aliphatic heterocycles. The second-order valence-electron chi connectivity index (χ2n) is 5.81. The lowest BCUT2D eigenvalue weighted by atomic mass is 10.1. The van der Waals surface area contributed by atoms with E-state index in [1.54, 1.807) is 12.1 Å². The highest BCUT2D eigenvalue weighted by Crippen LogP contribution is 2.27. The summed E-state index contributed by atoms with van der Waals surface area (Å²) in [5, 5.41) is 0. The number of nitrogens with two attached hydrogens (primary N) is 1. The fourth-order valence-corrected chi connectivity index (χ4v) is 2.67. The highest BCUT2D eigenvalue weighted by atomic mass is 19.3. The summed E-state index contributed by atoms with van der Waals surface area (Å²) in [6.07, 6.45) is 4.81. The third-order valence-electron chi connectivity index (χ3n) is 4.12. The number of nitrogens with zero attached hydrogens (tertiary/aromatic N) is 2. The molecule has 116 valence electrons. The first kappa shape index (κ1) is 15.7. The molecular formula is C16H23F2N3. The average Bonchev–Trinajstić information content (AvgIpc) is 2.97. The molecule has 1 saturated carbocycles. The third kappa shape index (κ3) is 4.16. The van der Waals surface area contributed by atoms with Crippen molar-refractivity contribution in [1.29, 1.82) is 0 Å². The highest BCUT2D eigenvalue weighted by molar-refractivity contribution is 5.78. The Morgan fingerprint density at radius 3 is 2.38 bits per heavy atom. The minimum atomic E-state index is -2.80. The molecule has 5 heteroatoms. The van der Waals surface area contributed by atoms with Crippen molar-refractivity contribution in [2.75, 3.05) is 7.05 Å². The summed E-state index contributed by atoms with van der Waals surface area (Å²) in [6, 6.07) is 6.73. The van der Waals surface area contributed by atoms with Gasteiger partial charge in [-0.15, -0.1) is 0 Å². The van der Waals surface area contributed by atoms with Crippen LogP contribution in [0.25, 0.3) is 0 Å². The standard InChI is InChI=1S/C16H23F2N3/c1-16(17,18)13-9-7-12(8-10-13)11-20-15(19)21(2)14-5-3-4-6-14/h7-10,14H,3-6,11H2,1-2H3,(H2,19,20). The minimum absolute atomic E-state index is 0.0197. The number of benzene rings is 1. The van der Waals surface area contributed by atoms with Gasteiger partial charge in [0.05, 0.1) is 6.54 Å². The maximum atomic E-state index is 13.1. The molecular weight excluding hydrogens is 272 g/mol. The van der Waals surface area contributed by atoms with E-state index in [1.165, 1.54) is 25.0 Å². The summed E-state index contributed by atoms with van der Waals surface area (Å²) in [5.74, 6) is -2.28. The van der Waals surface area contributed by atoms with E-state index in [4.69, 9.17) is 5.73 Å². The van der Waals surface area contributed by atoms with E-state index in [9.17, 15) is 8.78 Å². The summed E-state index contributed by atoms with van der Waals surface area (Å²) in [6.45, 7) is 1.31. The molecule has 0 aromatic heterocycles. The molecule has 3 nitrogen and oxygen atoms in total. The number of halogens is 2. The van der Waals surface area contributed by atoms with Crippen LogP contribution in [0.3, 0.4) is 0 Å². The van der Waals surface area contributed by atoms with Gasteiger partial charge in [-0.1, -0.05) is 37.1 Å². The van der Waals surface area contributed by atoms with Gasteiger partial charge in [0, 0.05) is 25.6 Å². The molecule has 0 spiro atoms. The van der Waals surface area contributed by atoms with Crippen LogP contribution in [0.1, 0.15) is 43.7 Å². The maximum absolute atomic E-state index is 13.1. The second kappa shape index (κ2) is 6.41.